The minimum atomic E-state index is 0.884. The van der Waals surface area contributed by atoms with Gasteiger partial charge < -0.3 is 0 Å². The maximum Gasteiger partial charge on any atom is -0.00483 e. The summed E-state index contributed by atoms with van der Waals surface area (Å²) in [6.07, 6.45) is 7.10. The van der Waals surface area contributed by atoms with Gasteiger partial charge in [0.05, 0.1) is 0 Å². The summed E-state index contributed by atoms with van der Waals surface area (Å²) in [5.74, 6) is 24.3. The Labute approximate surface area is 243 Å². The van der Waals surface area contributed by atoms with Gasteiger partial charge in [0.1, 0.15) is 0 Å². The average molecular weight is 537 g/mol. The van der Waals surface area contributed by atoms with E-state index in [-0.39, 0.29) is 0 Å². The van der Waals surface area contributed by atoms with Gasteiger partial charge >= 0.3 is 0 Å². The molecular formula is C42H32. The van der Waals surface area contributed by atoms with Crippen LogP contribution in [0.1, 0.15) is 39.5 Å². The van der Waals surface area contributed by atoms with Crippen molar-refractivity contribution in [2.45, 2.75) is 39.5 Å². The molecule has 27 fully saturated rings. The lowest BCUT2D eigenvalue weighted by Crippen LogP contribution is -3.54. The zero-order valence-electron chi connectivity index (χ0n) is 24.2. The van der Waals surface area contributed by atoms with Crippen LogP contribution in [0.3, 0.4) is 0 Å². The lowest BCUT2D eigenvalue weighted by molar-refractivity contribution is -1.11. The average Bonchev–Trinajstić information content (AvgIpc) is 2.85. The molecule has 27 aliphatic rings. The van der Waals surface area contributed by atoms with Gasteiger partial charge in [0, 0.05) is 0 Å². The maximum absolute atomic E-state index is 3.01. The van der Waals surface area contributed by atoms with Crippen molar-refractivity contribution >= 4 is 0 Å². The fourth-order valence-corrected chi connectivity index (χ4v) is 42.4. The highest BCUT2D eigenvalue weighted by molar-refractivity contribution is 6.01. The summed E-state index contributed by atoms with van der Waals surface area (Å²) < 4.78 is 0. The largest absolute Gasteiger partial charge is 0.0587 e. The minimum Gasteiger partial charge on any atom is -0.0587 e. The number of hydrogen-bond donors (Lipinski definition) is 0. The summed E-state index contributed by atoms with van der Waals surface area (Å²) >= 11 is 0. The summed E-state index contributed by atoms with van der Waals surface area (Å²) in [4.78, 5) is 0. The number of fused-ring (bicyclic) bond motifs is 16. The van der Waals surface area contributed by atoms with Crippen molar-refractivity contribution in [3.05, 3.63) is 0 Å². The molecule has 0 heteroatoms. The Morgan fingerprint density at radius 2 is 0.667 bits per heavy atom. The fraction of sp³-hybridized carbons (Fsp3) is 1.00. The van der Waals surface area contributed by atoms with Crippen LogP contribution < -0.4 is 0 Å². The second kappa shape index (κ2) is 2.38. The molecule has 0 bridgehead atoms. The maximum atomic E-state index is 3.01. The third-order valence-electron chi connectivity index (χ3n) is 34.3. The van der Waals surface area contributed by atoms with Gasteiger partial charge in [0.15, 0.2) is 0 Å². The van der Waals surface area contributed by atoms with Gasteiger partial charge in [-0.3, -0.25) is 0 Å². The van der Waals surface area contributed by atoms with E-state index >= 15 is 0 Å². The highest BCUT2D eigenvalue weighted by atomic mass is 15.6. The molecule has 16 spiro atoms. The van der Waals surface area contributed by atoms with Crippen molar-refractivity contribution in [3.63, 3.8) is 0 Å². The summed E-state index contributed by atoms with van der Waals surface area (Å²) in [7, 11) is 0. The first-order valence-electron chi connectivity index (χ1n) is 20.6. The SMILES string of the molecule is CC12CC3C4CC5(C)C6C7C8C9C%10C%11C%12CC%13C%14CC%15C%16C%17C%18C%19C%20C1C1%21C32C45C61C71C%20%21C%192C%183C%174C%165C%14%15C%13%12C%115C%104C93C812. The van der Waals surface area contributed by atoms with E-state index < -0.39 is 0 Å². The molecule has 27 rings (SSSR count). The first-order valence-corrected chi connectivity index (χ1v) is 20.6. The predicted octanol–water partition coefficient (Wildman–Crippen LogP) is 4.80. The normalized spacial score (nSPS) is 131. The van der Waals surface area contributed by atoms with Gasteiger partial charge in [-0.1, -0.05) is 13.8 Å². The van der Waals surface area contributed by atoms with Crippen LogP contribution in [0.25, 0.3) is 0 Å². The third-order valence-corrected chi connectivity index (χ3v) is 34.3. The van der Waals surface area contributed by atoms with Crippen molar-refractivity contribution < 1.29 is 0 Å². The molecule has 27 aliphatic carbocycles. The molecule has 27 saturated carbocycles. The van der Waals surface area contributed by atoms with E-state index in [9.17, 15) is 0 Å². The van der Waals surface area contributed by atoms with Crippen LogP contribution in [0.15, 0.2) is 0 Å². The second-order valence-electron chi connectivity index (χ2n) is 26.6. The molecule has 200 valence electrons. The standard InChI is InChI=1S/C42H32/c1-25-5-11-12-6-26(2)24-22-20-18-16-14-10-4-8-7-3-9-13-15-17-19-21-23(25)41-29(11,25)30(12,26)42(24,41)40(22)38(20)36(18)34(16)32(14)28(8,10)27(7,9)31(13,32)33(15,34)35(17,36)37(19,38)39(21,40)41/h7-24H,3-6H2,1-2H3. The molecular weight excluding hydrogens is 504 g/mol. The molecule has 0 radical (unpaired) electrons. The van der Waals surface area contributed by atoms with Crippen LogP contribution in [-0.4, -0.2) is 0 Å². The summed E-state index contributed by atoms with van der Waals surface area (Å²) in [5, 5.41) is 0. The molecule has 0 aliphatic heterocycles. The van der Waals surface area contributed by atoms with Crippen molar-refractivity contribution in [1.82, 2.24) is 0 Å². The number of rotatable bonds is 0. The Morgan fingerprint density at radius 3 is 1.12 bits per heavy atom. The quantitative estimate of drug-likeness (QED) is 0.417. The minimum absolute atomic E-state index is 0.884. The molecule has 0 aromatic carbocycles. The lowest BCUT2D eigenvalue weighted by Gasteiger charge is -3.55. The summed E-state index contributed by atoms with van der Waals surface area (Å²) in [6, 6.07) is 0. The monoisotopic (exact) mass is 536 g/mol. The molecule has 0 saturated heterocycles. The van der Waals surface area contributed by atoms with Crippen molar-refractivity contribution in [3.8, 4) is 0 Å². The van der Waals surface area contributed by atoms with E-state index in [4.69, 9.17) is 0 Å². The van der Waals surface area contributed by atoms with Gasteiger partial charge in [-0.25, -0.2) is 0 Å². The van der Waals surface area contributed by atoms with Crippen LogP contribution in [0.2, 0.25) is 0 Å². The molecule has 0 aromatic rings. The molecule has 0 amide bonds. The first-order chi connectivity index (χ1) is 20.6. The smallest absolute Gasteiger partial charge is 0.00483 e. The van der Waals surface area contributed by atoms with Crippen LogP contribution in [-0.2, 0) is 0 Å². The summed E-state index contributed by atoms with van der Waals surface area (Å²) in [6.45, 7) is 6.01. The molecule has 36 atom stereocenters. The van der Waals surface area contributed by atoms with Gasteiger partial charge in [0.2, 0.25) is 0 Å². The zero-order valence-corrected chi connectivity index (χ0v) is 24.2. The highest BCUT2D eigenvalue weighted by Gasteiger charge is 3.56. The molecule has 0 aromatic heterocycles. The highest BCUT2D eigenvalue weighted by Crippen LogP contribution is 3.57. The van der Waals surface area contributed by atoms with E-state index in [2.05, 4.69) is 13.8 Å². The van der Waals surface area contributed by atoms with Crippen LogP contribution >= 0.6 is 0 Å². The predicted molar refractivity (Wildman–Crippen MR) is 136 cm³/mol. The van der Waals surface area contributed by atoms with Crippen LogP contribution in [0.4, 0.5) is 0 Å². The Balaban J connectivity index is 0.884. The fourth-order valence-electron chi connectivity index (χ4n) is 42.4. The Bertz CT molecular complexity index is 2280. The Hall–Kier alpha value is 0. The molecule has 0 heterocycles. The van der Waals surface area contributed by atoms with Crippen molar-refractivity contribution in [2.75, 3.05) is 0 Å². The van der Waals surface area contributed by atoms with E-state index in [1.807, 2.05) is 0 Å². The van der Waals surface area contributed by atoms with Gasteiger partial charge in [0.25, 0.3) is 0 Å². The molecule has 0 nitrogen and oxygen atoms in total. The van der Waals surface area contributed by atoms with E-state index in [1.54, 1.807) is 25.7 Å². The second-order valence-corrected chi connectivity index (χ2v) is 26.6. The summed E-state index contributed by atoms with van der Waals surface area (Å²) in [5.41, 5.74) is 19.1. The lowest BCUT2D eigenvalue weighted by atomic mass is 8.47. The van der Waals surface area contributed by atoms with Crippen LogP contribution in [0, 0.1) is 204 Å². The number of hydrogen-bond acceptors (Lipinski definition) is 0. The van der Waals surface area contributed by atoms with Gasteiger partial charge in [-0.2, -0.15) is 0 Å². The van der Waals surface area contributed by atoms with Crippen molar-refractivity contribution in [2.24, 2.45) is 204 Å². The molecule has 0 N–H and O–H groups in total. The van der Waals surface area contributed by atoms with E-state index in [0.29, 0.717) is 0 Å². The van der Waals surface area contributed by atoms with Gasteiger partial charge in [-0.05, 0) is 230 Å². The first kappa shape index (κ1) is 15.3. The Morgan fingerprint density at radius 1 is 0.310 bits per heavy atom. The Kier molecular flexibility index (Phi) is 0.865. The molecule has 42 heavy (non-hydrogen) atoms. The topological polar surface area (TPSA) is 0 Å². The molecule has 36 unspecified atom stereocenters. The zero-order chi connectivity index (χ0) is 24.2. The van der Waals surface area contributed by atoms with Crippen LogP contribution in [0.5, 0.6) is 0 Å². The van der Waals surface area contributed by atoms with E-state index in [0.717, 1.165) is 97.5 Å². The van der Waals surface area contributed by atoms with Gasteiger partial charge in [-0.15, -0.1) is 0 Å². The van der Waals surface area contributed by atoms with Crippen molar-refractivity contribution in [1.29, 1.82) is 0 Å². The third kappa shape index (κ3) is 0.362. The van der Waals surface area contributed by atoms with E-state index in [1.165, 1.54) is 107 Å².